The van der Waals surface area contributed by atoms with Crippen LogP contribution in [0.2, 0.25) is 0 Å². The van der Waals surface area contributed by atoms with Gasteiger partial charge in [-0.25, -0.2) is 0 Å². The number of hydrogen-bond donors (Lipinski definition) is 2. The fourth-order valence-corrected chi connectivity index (χ4v) is 3.27. The molecule has 3 N–H and O–H groups in total. The zero-order chi connectivity index (χ0) is 13.8. The monoisotopic (exact) mass is 256 g/mol. The molecular weight excluding hydrogens is 224 g/mol. The second-order valence-electron chi connectivity index (χ2n) is 7.12. The van der Waals surface area contributed by atoms with Gasteiger partial charge in [0.15, 0.2) is 0 Å². The van der Waals surface area contributed by atoms with Crippen molar-refractivity contribution in [1.82, 2.24) is 5.43 Å². The molecule has 0 spiro atoms. The molecule has 1 rings (SSSR count). The molecule has 1 aliphatic rings. The van der Waals surface area contributed by atoms with Gasteiger partial charge in [-0.3, -0.25) is 11.3 Å². The normalized spacial score (nSPS) is 26.0. The summed E-state index contributed by atoms with van der Waals surface area (Å²) in [6.45, 7) is 9.07. The van der Waals surface area contributed by atoms with Gasteiger partial charge in [-0.1, -0.05) is 26.7 Å². The fraction of sp³-hybridized carbons (Fsp3) is 1.00. The summed E-state index contributed by atoms with van der Waals surface area (Å²) in [4.78, 5) is 0. The van der Waals surface area contributed by atoms with Crippen LogP contribution in [0.5, 0.6) is 0 Å². The Hall–Kier alpha value is -0.120. The molecule has 2 unspecified atom stereocenters. The van der Waals surface area contributed by atoms with Crippen LogP contribution in [0.3, 0.4) is 0 Å². The van der Waals surface area contributed by atoms with E-state index in [2.05, 4.69) is 33.1 Å². The molecular formula is C15H32N2O. The molecule has 18 heavy (non-hydrogen) atoms. The third-order valence-corrected chi connectivity index (χ3v) is 4.90. The molecule has 1 aliphatic carbocycles. The standard InChI is InChI=1S/C15H32N2O/c1-14(2)10-7-6-8-12(14)13(17-16)9-11-15(3,4)18-5/h12-13,17H,6-11,16H2,1-5H3. The Kier molecular flexibility index (Phi) is 5.63. The Balaban J connectivity index is 2.59. The number of nitrogens with one attached hydrogen (secondary N) is 1. The van der Waals surface area contributed by atoms with Crippen molar-refractivity contribution >= 4 is 0 Å². The highest BCUT2D eigenvalue weighted by molar-refractivity contribution is 4.90. The zero-order valence-electron chi connectivity index (χ0n) is 12.9. The topological polar surface area (TPSA) is 47.3 Å². The molecule has 108 valence electrons. The van der Waals surface area contributed by atoms with Gasteiger partial charge in [0.25, 0.3) is 0 Å². The van der Waals surface area contributed by atoms with Crippen LogP contribution in [0.15, 0.2) is 0 Å². The van der Waals surface area contributed by atoms with E-state index < -0.39 is 0 Å². The molecule has 2 atom stereocenters. The van der Waals surface area contributed by atoms with Crippen LogP contribution in [0.25, 0.3) is 0 Å². The Morgan fingerprint density at radius 1 is 1.39 bits per heavy atom. The summed E-state index contributed by atoms with van der Waals surface area (Å²) < 4.78 is 5.50. The Morgan fingerprint density at radius 2 is 2.06 bits per heavy atom. The van der Waals surface area contributed by atoms with Gasteiger partial charge in [0.2, 0.25) is 0 Å². The quantitative estimate of drug-likeness (QED) is 0.566. The summed E-state index contributed by atoms with van der Waals surface area (Å²) in [7, 11) is 1.79. The van der Waals surface area contributed by atoms with Gasteiger partial charge in [-0.2, -0.15) is 0 Å². The first-order valence-electron chi connectivity index (χ1n) is 7.34. The minimum Gasteiger partial charge on any atom is -0.379 e. The second kappa shape index (κ2) is 6.36. The molecule has 1 saturated carbocycles. The highest BCUT2D eigenvalue weighted by Crippen LogP contribution is 2.43. The van der Waals surface area contributed by atoms with Crippen molar-refractivity contribution in [2.45, 2.75) is 77.9 Å². The minimum absolute atomic E-state index is 0.0477. The van der Waals surface area contributed by atoms with Crippen molar-refractivity contribution in [3.63, 3.8) is 0 Å². The number of hydrazine groups is 1. The summed E-state index contributed by atoms with van der Waals surface area (Å²) in [5.41, 5.74) is 3.43. The molecule has 0 aromatic rings. The van der Waals surface area contributed by atoms with E-state index in [0.717, 1.165) is 12.8 Å². The number of rotatable bonds is 6. The lowest BCUT2D eigenvalue weighted by Crippen LogP contribution is -2.48. The zero-order valence-corrected chi connectivity index (χ0v) is 12.9. The van der Waals surface area contributed by atoms with Crippen LogP contribution in [0, 0.1) is 11.3 Å². The van der Waals surface area contributed by atoms with Gasteiger partial charge in [0.05, 0.1) is 5.60 Å². The largest absolute Gasteiger partial charge is 0.379 e. The van der Waals surface area contributed by atoms with Gasteiger partial charge in [-0.15, -0.1) is 0 Å². The third-order valence-electron chi connectivity index (χ3n) is 4.90. The molecule has 0 heterocycles. The van der Waals surface area contributed by atoms with E-state index in [-0.39, 0.29) is 5.60 Å². The highest BCUT2D eigenvalue weighted by Gasteiger charge is 2.37. The molecule has 0 aromatic heterocycles. The van der Waals surface area contributed by atoms with E-state index in [4.69, 9.17) is 10.6 Å². The molecule has 0 bridgehead atoms. The van der Waals surface area contributed by atoms with Gasteiger partial charge in [0, 0.05) is 13.2 Å². The fourth-order valence-electron chi connectivity index (χ4n) is 3.27. The van der Waals surface area contributed by atoms with Crippen molar-refractivity contribution in [3.8, 4) is 0 Å². The average molecular weight is 256 g/mol. The number of methoxy groups -OCH3 is 1. The molecule has 0 aliphatic heterocycles. The first-order chi connectivity index (χ1) is 8.32. The SMILES string of the molecule is COC(C)(C)CCC(NN)C1CCCCC1(C)C. The lowest BCUT2D eigenvalue weighted by Gasteiger charge is -2.43. The maximum absolute atomic E-state index is 5.80. The van der Waals surface area contributed by atoms with Gasteiger partial charge in [0.1, 0.15) is 0 Å². The molecule has 1 fully saturated rings. The van der Waals surface area contributed by atoms with Crippen molar-refractivity contribution in [3.05, 3.63) is 0 Å². The summed E-state index contributed by atoms with van der Waals surface area (Å²) >= 11 is 0. The van der Waals surface area contributed by atoms with Crippen LogP contribution >= 0.6 is 0 Å². The highest BCUT2D eigenvalue weighted by atomic mass is 16.5. The van der Waals surface area contributed by atoms with Gasteiger partial charge < -0.3 is 4.74 Å². The maximum atomic E-state index is 5.80. The summed E-state index contributed by atoms with van der Waals surface area (Å²) in [6, 6.07) is 0.412. The predicted octanol–water partition coefficient (Wildman–Crippen LogP) is 3.24. The van der Waals surface area contributed by atoms with Crippen LogP contribution < -0.4 is 11.3 Å². The molecule has 0 radical (unpaired) electrons. The summed E-state index contributed by atoms with van der Waals surface area (Å²) in [6.07, 6.45) is 7.47. The van der Waals surface area contributed by atoms with Crippen LogP contribution in [0.4, 0.5) is 0 Å². The van der Waals surface area contributed by atoms with E-state index in [9.17, 15) is 0 Å². The van der Waals surface area contributed by atoms with Crippen molar-refractivity contribution in [2.24, 2.45) is 17.2 Å². The van der Waals surface area contributed by atoms with E-state index in [1.165, 1.54) is 25.7 Å². The van der Waals surface area contributed by atoms with Crippen molar-refractivity contribution in [2.75, 3.05) is 7.11 Å². The Labute approximate surface area is 113 Å². The van der Waals surface area contributed by atoms with Gasteiger partial charge >= 0.3 is 0 Å². The molecule has 3 heteroatoms. The Morgan fingerprint density at radius 3 is 2.56 bits per heavy atom. The van der Waals surface area contributed by atoms with Crippen LogP contribution in [0.1, 0.15) is 66.2 Å². The molecule has 0 amide bonds. The molecule has 0 aromatic carbocycles. The number of hydrogen-bond acceptors (Lipinski definition) is 3. The number of ether oxygens (including phenoxy) is 1. The lowest BCUT2D eigenvalue weighted by molar-refractivity contribution is 0.00468. The maximum Gasteiger partial charge on any atom is 0.0623 e. The van der Waals surface area contributed by atoms with E-state index in [1.807, 2.05) is 0 Å². The summed E-state index contributed by atoms with van der Waals surface area (Å²) in [5, 5.41) is 0. The van der Waals surface area contributed by atoms with E-state index >= 15 is 0 Å². The molecule has 3 nitrogen and oxygen atoms in total. The van der Waals surface area contributed by atoms with Crippen LogP contribution in [-0.2, 0) is 4.74 Å². The Bertz CT molecular complexity index is 251. The summed E-state index contributed by atoms with van der Waals surface area (Å²) in [5.74, 6) is 6.49. The smallest absolute Gasteiger partial charge is 0.0623 e. The second-order valence-corrected chi connectivity index (χ2v) is 7.12. The first-order valence-corrected chi connectivity index (χ1v) is 7.34. The van der Waals surface area contributed by atoms with Gasteiger partial charge in [-0.05, 0) is 50.9 Å². The first kappa shape index (κ1) is 15.9. The van der Waals surface area contributed by atoms with E-state index in [0.29, 0.717) is 17.4 Å². The predicted molar refractivity (Wildman–Crippen MR) is 77.2 cm³/mol. The van der Waals surface area contributed by atoms with E-state index in [1.54, 1.807) is 7.11 Å². The molecule has 0 saturated heterocycles. The van der Waals surface area contributed by atoms with Crippen LogP contribution in [-0.4, -0.2) is 18.8 Å². The average Bonchev–Trinajstić information content (AvgIpc) is 2.31. The number of nitrogens with two attached hydrogens (primary N) is 1. The van der Waals surface area contributed by atoms with Crippen molar-refractivity contribution in [1.29, 1.82) is 0 Å². The lowest BCUT2D eigenvalue weighted by atomic mass is 9.65. The van der Waals surface area contributed by atoms with Crippen molar-refractivity contribution < 1.29 is 4.74 Å². The minimum atomic E-state index is -0.0477. The third kappa shape index (κ3) is 4.22.